The van der Waals surface area contributed by atoms with Crippen LogP contribution in [0.4, 0.5) is 5.69 Å². The highest BCUT2D eigenvalue weighted by Crippen LogP contribution is 2.27. The highest BCUT2D eigenvalue weighted by Gasteiger charge is 2.28. The van der Waals surface area contributed by atoms with Gasteiger partial charge in [0.1, 0.15) is 0 Å². The lowest BCUT2D eigenvalue weighted by molar-refractivity contribution is 0.257. The minimum Gasteiger partial charge on any atom is -0.384 e. The Balaban J connectivity index is 1.73. The van der Waals surface area contributed by atoms with Crippen LogP contribution >= 0.6 is 0 Å². The maximum atomic E-state index is 3.54. The number of benzene rings is 1. The minimum absolute atomic E-state index is 0.811. The third-order valence-electron chi connectivity index (χ3n) is 3.80. The molecule has 1 N–H and O–H groups in total. The van der Waals surface area contributed by atoms with Crippen LogP contribution in [-0.4, -0.2) is 30.6 Å². The SMILES string of the molecule is Cc1cccc(NCCN(CCC(C)C)C2CC2)c1. The molecule has 0 aliphatic heterocycles. The van der Waals surface area contributed by atoms with Gasteiger partial charge >= 0.3 is 0 Å². The second kappa shape index (κ2) is 6.95. The number of nitrogens with zero attached hydrogens (tertiary/aromatic N) is 1. The van der Waals surface area contributed by atoms with Crippen molar-refractivity contribution in [1.82, 2.24) is 4.90 Å². The summed E-state index contributed by atoms with van der Waals surface area (Å²) in [6.07, 6.45) is 4.13. The van der Waals surface area contributed by atoms with E-state index >= 15 is 0 Å². The van der Waals surface area contributed by atoms with Crippen LogP contribution in [0, 0.1) is 12.8 Å². The van der Waals surface area contributed by atoms with E-state index in [1.54, 1.807) is 0 Å². The molecule has 0 heterocycles. The summed E-state index contributed by atoms with van der Waals surface area (Å²) >= 11 is 0. The van der Waals surface area contributed by atoms with E-state index in [2.05, 4.69) is 55.3 Å². The normalized spacial score (nSPS) is 15.2. The number of nitrogens with one attached hydrogen (secondary N) is 1. The molecule has 19 heavy (non-hydrogen) atoms. The van der Waals surface area contributed by atoms with E-state index in [-0.39, 0.29) is 0 Å². The van der Waals surface area contributed by atoms with Crippen molar-refractivity contribution >= 4 is 5.69 Å². The van der Waals surface area contributed by atoms with E-state index in [1.807, 2.05) is 0 Å². The summed E-state index contributed by atoms with van der Waals surface area (Å²) in [6.45, 7) is 10.3. The summed E-state index contributed by atoms with van der Waals surface area (Å²) < 4.78 is 0. The number of aryl methyl sites for hydroxylation is 1. The first-order valence-electron chi connectivity index (χ1n) is 7.70. The number of anilines is 1. The Kier molecular flexibility index (Phi) is 5.26. The molecule has 0 saturated heterocycles. The van der Waals surface area contributed by atoms with Crippen molar-refractivity contribution < 1.29 is 0 Å². The lowest BCUT2D eigenvalue weighted by Gasteiger charge is -2.23. The quantitative estimate of drug-likeness (QED) is 0.762. The molecule has 0 bridgehead atoms. The first-order valence-corrected chi connectivity index (χ1v) is 7.70. The lowest BCUT2D eigenvalue weighted by Crippen LogP contribution is -2.32. The molecule has 1 fully saturated rings. The van der Waals surface area contributed by atoms with E-state index in [0.717, 1.165) is 18.5 Å². The third kappa shape index (κ3) is 5.23. The van der Waals surface area contributed by atoms with Gasteiger partial charge in [0.15, 0.2) is 0 Å². The monoisotopic (exact) mass is 260 g/mol. The average molecular weight is 260 g/mol. The molecule has 1 saturated carbocycles. The van der Waals surface area contributed by atoms with Gasteiger partial charge in [-0.1, -0.05) is 26.0 Å². The first kappa shape index (κ1) is 14.4. The molecular weight excluding hydrogens is 232 g/mol. The second-order valence-electron chi connectivity index (χ2n) is 6.25. The van der Waals surface area contributed by atoms with Gasteiger partial charge in [-0.2, -0.15) is 0 Å². The Hall–Kier alpha value is -1.02. The highest BCUT2D eigenvalue weighted by atomic mass is 15.2. The number of hydrogen-bond acceptors (Lipinski definition) is 2. The molecule has 1 aromatic carbocycles. The molecular formula is C17H28N2. The fourth-order valence-electron chi connectivity index (χ4n) is 2.44. The molecule has 0 spiro atoms. The number of hydrogen-bond donors (Lipinski definition) is 1. The zero-order valence-corrected chi connectivity index (χ0v) is 12.7. The Morgan fingerprint density at radius 1 is 1.26 bits per heavy atom. The van der Waals surface area contributed by atoms with Gasteiger partial charge in [-0.15, -0.1) is 0 Å². The van der Waals surface area contributed by atoms with Crippen LogP contribution in [0.25, 0.3) is 0 Å². The van der Waals surface area contributed by atoms with E-state index in [4.69, 9.17) is 0 Å². The van der Waals surface area contributed by atoms with E-state index in [9.17, 15) is 0 Å². The predicted molar refractivity (Wildman–Crippen MR) is 83.7 cm³/mol. The molecule has 0 unspecified atom stereocenters. The van der Waals surface area contributed by atoms with Crippen LogP contribution in [0.5, 0.6) is 0 Å². The fraction of sp³-hybridized carbons (Fsp3) is 0.647. The van der Waals surface area contributed by atoms with Crippen LogP contribution in [0.15, 0.2) is 24.3 Å². The average Bonchev–Trinajstić information content (AvgIpc) is 3.17. The molecule has 2 heteroatoms. The summed E-state index contributed by atoms with van der Waals surface area (Å²) in [5.41, 5.74) is 2.57. The van der Waals surface area contributed by atoms with Crippen LogP contribution < -0.4 is 5.32 Å². The topological polar surface area (TPSA) is 15.3 Å². The van der Waals surface area contributed by atoms with Crippen molar-refractivity contribution in [3.05, 3.63) is 29.8 Å². The van der Waals surface area contributed by atoms with Crippen molar-refractivity contribution in [3.63, 3.8) is 0 Å². The summed E-state index contributed by atoms with van der Waals surface area (Å²) in [5.74, 6) is 0.811. The van der Waals surface area contributed by atoms with Gasteiger partial charge in [-0.05, 0) is 56.3 Å². The van der Waals surface area contributed by atoms with Crippen LogP contribution in [0.1, 0.15) is 38.7 Å². The summed E-state index contributed by atoms with van der Waals surface area (Å²) in [7, 11) is 0. The standard InChI is InChI=1S/C17H28N2/c1-14(2)9-11-19(17-7-8-17)12-10-18-16-6-4-5-15(3)13-16/h4-6,13-14,17-18H,7-12H2,1-3H3. The molecule has 2 nitrogen and oxygen atoms in total. The smallest absolute Gasteiger partial charge is 0.0343 e. The Morgan fingerprint density at radius 2 is 2.05 bits per heavy atom. The van der Waals surface area contributed by atoms with E-state index in [0.29, 0.717) is 0 Å². The minimum atomic E-state index is 0.811. The maximum absolute atomic E-state index is 3.54. The van der Waals surface area contributed by atoms with Crippen molar-refractivity contribution in [3.8, 4) is 0 Å². The van der Waals surface area contributed by atoms with Gasteiger partial charge in [0.25, 0.3) is 0 Å². The maximum Gasteiger partial charge on any atom is 0.0343 e. The molecule has 106 valence electrons. The molecule has 2 rings (SSSR count). The van der Waals surface area contributed by atoms with Gasteiger partial charge in [0.05, 0.1) is 0 Å². The van der Waals surface area contributed by atoms with E-state index < -0.39 is 0 Å². The summed E-state index contributed by atoms with van der Waals surface area (Å²) in [5, 5.41) is 3.54. The van der Waals surface area contributed by atoms with Crippen LogP contribution in [0.3, 0.4) is 0 Å². The molecule has 1 aliphatic carbocycles. The Labute approximate surface area is 118 Å². The fourth-order valence-corrected chi connectivity index (χ4v) is 2.44. The number of rotatable bonds is 8. The summed E-state index contributed by atoms with van der Waals surface area (Å²) in [4.78, 5) is 2.67. The Morgan fingerprint density at radius 3 is 2.68 bits per heavy atom. The van der Waals surface area contributed by atoms with Crippen LogP contribution in [0.2, 0.25) is 0 Å². The van der Waals surface area contributed by atoms with Crippen molar-refractivity contribution in [2.75, 3.05) is 25.0 Å². The first-order chi connectivity index (χ1) is 9.15. The molecule has 0 amide bonds. The van der Waals surface area contributed by atoms with Crippen molar-refractivity contribution in [1.29, 1.82) is 0 Å². The third-order valence-corrected chi connectivity index (χ3v) is 3.80. The lowest BCUT2D eigenvalue weighted by atomic mass is 10.1. The largest absolute Gasteiger partial charge is 0.384 e. The van der Waals surface area contributed by atoms with Gasteiger partial charge in [0, 0.05) is 24.8 Å². The molecule has 0 atom stereocenters. The Bertz CT molecular complexity index is 383. The zero-order chi connectivity index (χ0) is 13.7. The predicted octanol–water partition coefficient (Wildman–Crippen LogP) is 3.92. The zero-order valence-electron chi connectivity index (χ0n) is 12.7. The summed E-state index contributed by atoms with van der Waals surface area (Å²) in [6, 6.07) is 9.51. The highest BCUT2D eigenvalue weighted by molar-refractivity contribution is 5.45. The van der Waals surface area contributed by atoms with Crippen LogP contribution in [-0.2, 0) is 0 Å². The second-order valence-corrected chi connectivity index (χ2v) is 6.25. The van der Waals surface area contributed by atoms with Gasteiger partial charge in [-0.25, -0.2) is 0 Å². The van der Waals surface area contributed by atoms with E-state index in [1.165, 1.54) is 43.6 Å². The molecule has 0 aromatic heterocycles. The van der Waals surface area contributed by atoms with Gasteiger partial charge < -0.3 is 5.32 Å². The van der Waals surface area contributed by atoms with Crippen molar-refractivity contribution in [2.45, 2.75) is 46.1 Å². The van der Waals surface area contributed by atoms with Crippen molar-refractivity contribution in [2.24, 2.45) is 5.92 Å². The molecule has 0 radical (unpaired) electrons. The molecule has 1 aromatic rings. The van der Waals surface area contributed by atoms with Gasteiger partial charge in [0.2, 0.25) is 0 Å². The van der Waals surface area contributed by atoms with Gasteiger partial charge in [-0.3, -0.25) is 4.90 Å². The molecule has 1 aliphatic rings.